The van der Waals surface area contributed by atoms with Gasteiger partial charge in [-0.15, -0.1) is 0 Å². The fourth-order valence-corrected chi connectivity index (χ4v) is 1.73. The van der Waals surface area contributed by atoms with Gasteiger partial charge in [-0.25, -0.2) is 0 Å². The first-order chi connectivity index (χ1) is 11.6. The van der Waals surface area contributed by atoms with Crippen LogP contribution in [0.15, 0.2) is 45.4 Å². The van der Waals surface area contributed by atoms with Gasteiger partial charge in [-0.1, -0.05) is 0 Å². The smallest absolute Gasteiger partial charge is 0.305 e. The lowest BCUT2D eigenvalue weighted by Crippen LogP contribution is -2.40. The number of esters is 1. The normalized spacial score (nSPS) is 10.5. The highest BCUT2D eigenvalue weighted by Crippen LogP contribution is 2.11. The standard InChI is InChI=1S/C16H16N2O6/c1-22-15(20)9-7-12-5-4-11(24-12)6-8-14(19)17-18-16(21)13-3-2-10-23-13/h2-6,8,10H,7,9H2,1H3,(H,17,19)(H,18,21)/b8-6+. The zero-order valence-corrected chi connectivity index (χ0v) is 12.9. The minimum absolute atomic E-state index is 0.0839. The van der Waals surface area contributed by atoms with E-state index in [0.717, 1.165) is 0 Å². The van der Waals surface area contributed by atoms with Crippen molar-refractivity contribution in [3.8, 4) is 0 Å². The van der Waals surface area contributed by atoms with E-state index in [4.69, 9.17) is 8.83 Å². The summed E-state index contributed by atoms with van der Waals surface area (Å²) in [4.78, 5) is 34.2. The van der Waals surface area contributed by atoms with Crippen LogP contribution in [0.2, 0.25) is 0 Å². The molecule has 2 amide bonds. The Kier molecular flexibility index (Phi) is 5.95. The van der Waals surface area contributed by atoms with E-state index in [1.54, 1.807) is 18.2 Å². The van der Waals surface area contributed by atoms with Crippen molar-refractivity contribution in [2.24, 2.45) is 0 Å². The van der Waals surface area contributed by atoms with Crippen LogP contribution in [0.4, 0.5) is 0 Å². The molecule has 2 aromatic heterocycles. The number of aryl methyl sites for hydroxylation is 1. The summed E-state index contributed by atoms with van der Waals surface area (Å²) >= 11 is 0. The van der Waals surface area contributed by atoms with Crippen LogP contribution in [0, 0.1) is 0 Å². The second-order valence-corrected chi connectivity index (χ2v) is 4.63. The van der Waals surface area contributed by atoms with E-state index in [0.29, 0.717) is 17.9 Å². The fraction of sp³-hybridized carbons (Fsp3) is 0.188. The van der Waals surface area contributed by atoms with Gasteiger partial charge in [0, 0.05) is 12.5 Å². The van der Waals surface area contributed by atoms with Gasteiger partial charge >= 0.3 is 11.9 Å². The molecule has 2 heterocycles. The van der Waals surface area contributed by atoms with Gasteiger partial charge < -0.3 is 13.6 Å². The zero-order valence-electron chi connectivity index (χ0n) is 12.9. The van der Waals surface area contributed by atoms with Gasteiger partial charge in [0.15, 0.2) is 5.76 Å². The number of hydrogen-bond donors (Lipinski definition) is 2. The average Bonchev–Trinajstić information content (AvgIpc) is 3.27. The van der Waals surface area contributed by atoms with E-state index in [2.05, 4.69) is 15.6 Å². The Morgan fingerprint density at radius 3 is 2.75 bits per heavy atom. The molecular formula is C16H16N2O6. The lowest BCUT2D eigenvalue weighted by Gasteiger charge is -2.02. The predicted octanol–water partition coefficient (Wildman–Crippen LogP) is 1.45. The molecule has 8 heteroatoms. The molecule has 0 fully saturated rings. The first-order valence-corrected chi connectivity index (χ1v) is 7.06. The van der Waals surface area contributed by atoms with Crippen molar-refractivity contribution in [3.63, 3.8) is 0 Å². The van der Waals surface area contributed by atoms with E-state index >= 15 is 0 Å². The van der Waals surface area contributed by atoms with Crippen molar-refractivity contribution in [2.45, 2.75) is 12.8 Å². The van der Waals surface area contributed by atoms with E-state index in [9.17, 15) is 14.4 Å². The van der Waals surface area contributed by atoms with Crippen LogP contribution >= 0.6 is 0 Å². The molecule has 0 aliphatic carbocycles. The highest BCUT2D eigenvalue weighted by molar-refractivity contribution is 5.96. The minimum Gasteiger partial charge on any atom is -0.469 e. The number of furan rings is 2. The fourth-order valence-electron chi connectivity index (χ4n) is 1.73. The van der Waals surface area contributed by atoms with Crippen LogP contribution in [0.3, 0.4) is 0 Å². The Hall–Kier alpha value is -3.29. The Morgan fingerprint density at radius 2 is 2.04 bits per heavy atom. The molecule has 0 aliphatic heterocycles. The minimum atomic E-state index is -0.565. The summed E-state index contributed by atoms with van der Waals surface area (Å²) in [6, 6.07) is 6.40. The molecule has 24 heavy (non-hydrogen) atoms. The molecule has 2 rings (SSSR count). The van der Waals surface area contributed by atoms with Crippen LogP contribution in [-0.2, 0) is 20.7 Å². The molecule has 8 nitrogen and oxygen atoms in total. The van der Waals surface area contributed by atoms with Crippen LogP contribution in [0.25, 0.3) is 6.08 Å². The molecule has 0 bridgehead atoms. The predicted molar refractivity (Wildman–Crippen MR) is 82.4 cm³/mol. The molecule has 126 valence electrons. The maximum Gasteiger partial charge on any atom is 0.305 e. The number of ether oxygens (including phenoxy) is 1. The number of carbonyl (C=O) groups is 3. The van der Waals surface area contributed by atoms with Gasteiger partial charge in [0.2, 0.25) is 0 Å². The number of carbonyl (C=O) groups excluding carboxylic acids is 3. The van der Waals surface area contributed by atoms with Gasteiger partial charge in [0.25, 0.3) is 5.91 Å². The third-order valence-electron chi connectivity index (χ3n) is 2.93. The van der Waals surface area contributed by atoms with Crippen molar-refractivity contribution in [1.29, 1.82) is 0 Å². The van der Waals surface area contributed by atoms with Crippen molar-refractivity contribution < 1.29 is 28.0 Å². The van der Waals surface area contributed by atoms with Gasteiger partial charge in [-0.3, -0.25) is 25.2 Å². The molecule has 0 aromatic carbocycles. The number of hydrogen-bond acceptors (Lipinski definition) is 6. The average molecular weight is 332 g/mol. The summed E-state index contributed by atoms with van der Waals surface area (Å²) in [5.41, 5.74) is 4.41. The van der Waals surface area contributed by atoms with E-state index < -0.39 is 11.8 Å². The topological polar surface area (TPSA) is 111 Å². The molecule has 0 saturated carbocycles. The summed E-state index contributed by atoms with van der Waals surface area (Å²) in [5.74, 6) is -0.294. The number of methoxy groups -OCH3 is 1. The van der Waals surface area contributed by atoms with Crippen molar-refractivity contribution >= 4 is 23.9 Å². The molecule has 2 aromatic rings. The van der Waals surface area contributed by atoms with Crippen LogP contribution < -0.4 is 10.9 Å². The lowest BCUT2D eigenvalue weighted by atomic mass is 10.2. The molecule has 0 unspecified atom stereocenters. The quantitative estimate of drug-likeness (QED) is 0.470. The second-order valence-electron chi connectivity index (χ2n) is 4.63. The lowest BCUT2D eigenvalue weighted by molar-refractivity contribution is -0.140. The third-order valence-corrected chi connectivity index (χ3v) is 2.93. The molecule has 0 radical (unpaired) electrons. The summed E-state index contributed by atoms with van der Waals surface area (Å²) < 4.78 is 14.9. The largest absolute Gasteiger partial charge is 0.469 e. The molecule has 2 N–H and O–H groups in total. The first kappa shape index (κ1) is 17.1. The monoisotopic (exact) mass is 332 g/mol. The van der Waals surface area contributed by atoms with Gasteiger partial charge in [0.05, 0.1) is 19.8 Å². The van der Waals surface area contributed by atoms with E-state index in [1.165, 1.54) is 31.6 Å². The van der Waals surface area contributed by atoms with Crippen LogP contribution in [-0.4, -0.2) is 24.9 Å². The Bertz CT molecular complexity index is 730. The van der Waals surface area contributed by atoms with Crippen molar-refractivity contribution in [2.75, 3.05) is 7.11 Å². The summed E-state index contributed by atoms with van der Waals surface area (Å²) in [5, 5.41) is 0. The van der Waals surface area contributed by atoms with Crippen molar-refractivity contribution in [1.82, 2.24) is 10.9 Å². The molecule has 0 saturated heterocycles. The molecular weight excluding hydrogens is 316 g/mol. The van der Waals surface area contributed by atoms with E-state index in [-0.39, 0.29) is 18.2 Å². The zero-order chi connectivity index (χ0) is 17.4. The third kappa shape index (κ3) is 5.16. The van der Waals surface area contributed by atoms with Crippen molar-refractivity contribution in [3.05, 3.63) is 53.9 Å². The number of hydrazine groups is 1. The Labute approximate surface area is 137 Å². The van der Waals surface area contributed by atoms with Crippen LogP contribution in [0.5, 0.6) is 0 Å². The summed E-state index contributed by atoms with van der Waals surface area (Å²) in [6.07, 6.45) is 4.62. The van der Waals surface area contributed by atoms with Gasteiger partial charge in [0.1, 0.15) is 11.5 Å². The number of nitrogens with one attached hydrogen (secondary N) is 2. The Morgan fingerprint density at radius 1 is 1.21 bits per heavy atom. The number of amides is 2. The maximum atomic E-state index is 11.6. The molecule has 0 spiro atoms. The maximum absolute atomic E-state index is 11.6. The molecule has 0 atom stereocenters. The second kappa shape index (κ2) is 8.37. The highest BCUT2D eigenvalue weighted by atomic mass is 16.5. The Balaban J connectivity index is 1.78. The first-order valence-electron chi connectivity index (χ1n) is 7.06. The SMILES string of the molecule is COC(=O)CCc1ccc(/C=C/C(=O)NNC(=O)c2ccco2)o1. The molecule has 0 aliphatic rings. The number of rotatable bonds is 6. The summed E-state index contributed by atoms with van der Waals surface area (Å²) in [7, 11) is 1.32. The van der Waals surface area contributed by atoms with E-state index in [1.807, 2.05) is 0 Å². The van der Waals surface area contributed by atoms with Gasteiger partial charge in [-0.2, -0.15) is 0 Å². The highest BCUT2D eigenvalue weighted by Gasteiger charge is 2.08. The van der Waals surface area contributed by atoms with Gasteiger partial charge in [-0.05, 0) is 30.3 Å². The van der Waals surface area contributed by atoms with Crippen LogP contribution in [0.1, 0.15) is 28.5 Å². The summed E-state index contributed by atoms with van der Waals surface area (Å²) in [6.45, 7) is 0.